The van der Waals surface area contributed by atoms with Gasteiger partial charge >= 0.3 is 12.1 Å². The first-order chi connectivity index (χ1) is 12.1. The maximum Gasteiger partial charge on any atom is 0.410 e. The van der Waals surface area contributed by atoms with Gasteiger partial charge in [0.15, 0.2) is 0 Å². The third-order valence-electron chi connectivity index (χ3n) is 6.49. The minimum absolute atomic E-state index is 0.0806. The van der Waals surface area contributed by atoms with E-state index in [-0.39, 0.29) is 25.2 Å². The van der Waals surface area contributed by atoms with E-state index in [0.29, 0.717) is 18.4 Å². The maximum absolute atomic E-state index is 12.4. The van der Waals surface area contributed by atoms with E-state index in [1.54, 1.807) is 4.90 Å². The zero-order chi connectivity index (χ0) is 17.4. The highest BCUT2D eigenvalue weighted by molar-refractivity contribution is 5.74. The van der Waals surface area contributed by atoms with Crippen LogP contribution in [0.25, 0.3) is 0 Å². The number of carbonyl (C=O) groups is 2. The minimum Gasteiger partial charge on any atom is -0.481 e. The quantitative estimate of drug-likeness (QED) is 0.910. The fourth-order valence-corrected chi connectivity index (χ4v) is 5.30. The van der Waals surface area contributed by atoms with Crippen LogP contribution in [0.15, 0.2) is 30.3 Å². The average Bonchev–Trinajstić information content (AvgIpc) is 3.34. The molecule has 1 heterocycles. The Hall–Kier alpha value is -2.04. The Kier molecular flexibility index (Phi) is 4.40. The molecule has 4 rings (SSSR count). The Labute approximate surface area is 148 Å². The molecule has 5 heteroatoms. The fourth-order valence-electron chi connectivity index (χ4n) is 5.30. The van der Waals surface area contributed by atoms with Gasteiger partial charge in [-0.15, -0.1) is 0 Å². The second-order valence-electron chi connectivity index (χ2n) is 7.89. The van der Waals surface area contributed by atoms with Crippen LogP contribution in [-0.2, 0) is 16.1 Å². The van der Waals surface area contributed by atoms with Crippen molar-refractivity contribution in [3.8, 4) is 0 Å². The van der Waals surface area contributed by atoms with E-state index in [1.807, 2.05) is 30.3 Å². The molecular weight excluding hydrogens is 318 g/mol. The van der Waals surface area contributed by atoms with Crippen LogP contribution in [0.1, 0.15) is 31.2 Å². The molecule has 5 unspecified atom stereocenters. The van der Waals surface area contributed by atoms with Crippen molar-refractivity contribution in [2.45, 2.75) is 32.3 Å². The maximum atomic E-state index is 12.4. The molecule has 5 nitrogen and oxygen atoms in total. The van der Waals surface area contributed by atoms with Crippen molar-refractivity contribution in [1.29, 1.82) is 0 Å². The standard InChI is InChI=1S/C20H25NO4/c22-19(23)18-11-21(20(24)25-12-13-4-2-1-3-5-13)10-17(18)16-9-14-6-7-15(16)8-14/h1-5,14-18H,6-12H2,(H,22,23). The summed E-state index contributed by atoms with van der Waals surface area (Å²) in [5.41, 5.74) is 0.939. The lowest BCUT2D eigenvalue weighted by atomic mass is 9.75. The number of carboxylic acids is 1. The van der Waals surface area contributed by atoms with E-state index in [2.05, 4.69) is 0 Å². The molecule has 1 saturated heterocycles. The molecular formula is C20H25NO4. The Bertz CT molecular complexity index is 646. The number of aliphatic carboxylic acids is 1. The highest BCUT2D eigenvalue weighted by Crippen LogP contribution is 2.53. The Morgan fingerprint density at radius 3 is 2.52 bits per heavy atom. The molecule has 1 N–H and O–H groups in total. The van der Waals surface area contributed by atoms with Crippen molar-refractivity contribution in [2.75, 3.05) is 13.1 Å². The van der Waals surface area contributed by atoms with Gasteiger partial charge in [0.05, 0.1) is 5.92 Å². The topological polar surface area (TPSA) is 66.8 Å². The van der Waals surface area contributed by atoms with Gasteiger partial charge in [0.2, 0.25) is 0 Å². The summed E-state index contributed by atoms with van der Waals surface area (Å²) in [5, 5.41) is 9.64. The number of nitrogens with zero attached hydrogens (tertiary/aromatic N) is 1. The van der Waals surface area contributed by atoms with Crippen LogP contribution in [0.2, 0.25) is 0 Å². The molecule has 2 saturated carbocycles. The molecule has 1 aromatic carbocycles. The molecule has 5 atom stereocenters. The Balaban J connectivity index is 1.39. The lowest BCUT2D eigenvalue weighted by Crippen LogP contribution is -2.31. The summed E-state index contributed by atoms with van der Waals surface area (Å²) in [4.78, 5) is 25.8. The molecule has 0 aromatic heterocycles. The van der Waals surface area contributed by atoms with Crippen LogP contribution in [0, 0.1) is 29.6 Å². The smallest absolute Gasteiger partial charge is 0.410 e. The monoisotopic (exact) mass is 343 g/mol. The first kappa shape index (κ1) is 16.4. The van der Waals surface area contributed by atoms with Gasteiger partial charge < -0.3 is 14.7 Å². The first-order valence-electron chi connectivity index (χ1n) is 9.30. The molecule has 1 aromatic rings. The minimum atomic E-state index is -0.772. The summed E-state index contributed by atoms with van der Waals surface area (Å²) < 4.78 is 5.41. The molecule has 0 radical (unpaired) electrons. The predicted molar refractivity (Wildman–Crippen MR) is 91.8 cm³/mol. The molecule has 3 aliphatic rings. The molecule has 2 bridgehead atoms. The molecule has 1 aliphatic heterocycles. The zero-order valence-electron chi connectivity index (χ0n) is 14.3. The summed E-state index contributed by atoms with van der Waals surface area (Å²) in [6.45, 7) is 1.03. The third kappa shape index (κ3) is 3.24. The molecule has 1 amide bonds. The van der Waals surface area contributed by atoms with Crippen molar-refractivity contribution in [1.82, 2.24) is 4.90 Å². The van der Waals surface area contributed by atoms with Crippen molar-refractivity contribution >= 4 is 12.1 Å². The van der Waals surface area contributed by atoms with E-state index in [0.717, 1.165) is 17.9 Å². The summed E-state index contributed by atoms with van der Waals surface area (Å²) >= 11 is 0. The summed E-state index contributed by atoms with van der Waals surface area (Å²) in [6, 6.07) is 9.56. The van der Waals surface area contributed by atoms with Gasteiger partial charge in [0, 0.05) is 13.1 Å². The van der Waals surface area contributed by atoms with E-state index < -0.39 is 11.9 Å². The number of likely N-dealkylation sites (tertiary alicyclic amines) is 1. The van der Waals surface area contributed by atoms with Crippen LogP contribution >= 0.6 is 0 Å². The number of benzene rings is 1. The second kappa shape index (κ2) is 6.70. The van der Waals surface area contributed by atoms with Crippen LogP contribution in [0.4, 0.5) is 4.79 Å². The van der Waals surface area contributed by atoms with Gasteiger partial charge in [-0.05, 0) is 48.5 Å². The first-order valence-corrected chi connectivity index (χ1v) is 9.30. The number of carbonyl (C=O) groups excluding carboxylic acids is 1. The number of ether oxygens (including phenoxy) is 1. The highest BCUT2D eigenvalue weighted by atomic mass is 16.6. The number of fused-ring (bicyclic) bond motifs is 2. The highest BCUT2D eigenvalue weighted by Gasteiger charge is 2.50. The lowest BCUT2D eigenvalue weighted by Gasteiger charge is -2.29. The van der Waals surface area contributed by atoms with E-state index >= 15 is 0 Å². The van der Waals surface area contributed by atoms with Crippen LogP contribution in [-0.4, -0.2) is 35.2 Å². The number of carboxylic acid groups (broad SMARTS) is 1. The second-order valence-corrected chi connectivity index (χ2v) is 7.89. The van der Waals surface area contributed by atoms with E-state index in [9.17, 15) is 14.7 Å². The molecule has 0 spiro atoms. The fraction of sp³-hybridized carbons (Fsp3) is 0.600. The number of rotatable bonds is 4. The summed E-state index contributed by atoms with van der Waals surface area (Å²) in [5.74, 6) is 0.768. The Morgan fingerprint density at radius 1 is 1.08 bits per heavy atom. The van der Waals surface area contributed by atoms with Crippen molar-refractivity contribution in [2.24, 2.45) is 29.6 Å². The average molecular weight is 343 g/mol. The summed E-state index contributed by atoms with van der Waals surface area (Å²) in [7, 11) is 0. The van der Waals surface area contributed by atoms with E-state index in [4.69, 9.17) is 4.74 Å². The van der Waals surface area contributed by atoms with Crippen LogP contribution in [0.5, 0.6) is 0 Å². The van der Waals surface area contributed by atoms with Gasteiger partial charge in [-0.3, -0.25) is 4.79 Å². The van der Waals surface area contributed by atoms with Crippen molar-refractivity contribution in [3.05, 3.63) is 35.9 Å². The lowest BCUT2D eigenvalue weighted by molar-refractivity contribution is -0.143. The third-order valence-corrected chi connectivity index (χ3v) is 6.49. The number of hydrogen-bond donors (Lipinski definition) is 1. The van der Waals surface area contributed by atoms with Gasteiger partial charge in [-0.2, -0.15) is 0 Å². The normalized spacial score (nSPS) is 33.6. The molecule has 2 aliphatic carbocycles. The number of hydrogen-bond acceptors (Lipinski definition) is 3. The van der Waals surface area contributed by atoms with Crippen LogP contribution in [0.3, 0.4) is 0 Å². The van der Waals surface area contributed by atoms with Crippen molar-refractivity contribution < 1.29 is 19.4 Å². The molecule has 3 fully saturated rings. The largest absolute Gasteiger partial charge is 0.481 e. The summed E-state index contributed by atoms with van der Waals surface area (Å²) in [6.07, 6.45) is 4.55. The zero-order valence-corrected chi connectivity index (χ0v) is 14.3. The Morgan fingerprint density at radius 2 is 1.88 bits per heavy atom. The van der Waals surface area contributed by atoms with Gasteiger partial charge in [0.1, 0.15) is 6.61 Å². The predicted octanol–water partition coefficient (Wildman–Crippen LogP) is 3.39. The number of amides is 1. The molecule has 134 valence electrons. The van der Waals surface area contributed by atoms with Crippen LogP contribution < -0.4 is 0 Å². The van der Waals surface area contributed by atoms with Gasteiger partial charge in [-0.25, -0.2) is 4.79 Å². The van der Waals surface area contributed by atoms with Crippen molar-refractivity contribution in [3.63, 3.8) is 0 Å². The van der Waals surface area contributed by atoms with Gasteiger partial charge in [-0.1, -0.05) is 36.8 Å². The van der Waals surface area contributed by atoms with Gasteiger partial charge in [0.25, 0.3) is 0 Å². The molecule has 25 heavy (non-hydrogen) atoms. The van der Waals surface area contributed by atoms with E-state index in [1.165, 1.54) is 19.3 Å². The SMILES string of the molecule is O=C(O)C1CN(C(=O)OCc2ccccc2)CC1C1CC2CCC1C2.